The molecule has 80 valence electrons. The van der Waals surface area contributed by atoms with Gasteiger partial charge in [-0.3, -0.25) is 14.9 Å². The number of hydrogen-bond donors (Lipinski definition) is 1. The maximum atomic E-state index is 13.1. The molecule has 0 amide bonds. The van der Waals surface area contributed by atoms with Gasteiger partial charge in [-0.25, -0.2) is 0 Å². The van der Waals surface area contributed by atoms with Crippen LogP contribution in [0.4, 0.5) is 15.8 Å². The Morgan fingerprint density at radius 2 is 2.20 bits per heavy atom. The van der Waals surface area contributed by atoms with Crippen molar-refractivity contribution in [1.82, 2.24) is 0 Å². The highest BCUT2D eigenvalue weighted by Gasteiger charge is 2.19. The third kappa shape index (κ3) is 2.30. The van der Waals surface area contributed by atoms with Crippen LogP contribution in [0.15, 0.2) is 12.1 Å². The normalized spacial score (nSPS) is 10.0. The highest BCUT2D eigenvalue weighted by Crippen LogP contribution is 2.24. The minimum Gasteiger partial charge on any atom is -0.398 e. The van der Waals surface area contributed by atoms with E-state index in [1.54, 1.807) is 0 Å². The van der Waals surface area contributed by atoms with Crippen molar-refractivity contribution in [3.8, 4) is 0 Å². The van der Waals surface area contributed by atoms with Crippen molar-refractivity contribution in [1.29, 1.82) is 0 Å². The molecule has 0 aliphatic heterocycles. The van der Waals surface area contributed by atoms with Crippen LogP contribution in [-0.2, 0) is 0 Å². The number of halogens is 2. The Morgan fingerprint density at radius 3 is 2.67 bits per heavy atom. The number of Topliss-reactive ketones (excluding diaryl/α,β-unsaturated/α-hetero) is 1. The van der Waals surface area contributed by atoms with Gasteiger partial charge in [-0.15, -0.1) is 0 Å². The molecule has 0 atom stereocenters. The zero-order valence-electron chi connectivity index (χ0n) is 7.37. The van der Waals surface area contributed by atoms with Crippen LogP contribution in [0.3, 0.4) is 0 Å². The lowest BCUT2D eigenvalue weighted by molar-refractivity contribution is -0.387. The highest BCUT2D eigenvalue weighted by molar-refractivity contribution is 9.09. The number of nitrogens with two attached hydrogens (primary N) is 1. The predicted molar refractivity (Wildman–Crippen MR) is 55.6 cm³/mol. The van der Waals surface area contributed by atoms with Crippen molar-refractivity contribution in [3.63, 3.8) is 0 Å². The Balaban J connectivity index is 3.31. The lowest BCUT2D eigenvalue weighted by Crippen LogP contribution is -2.07. The van der Waals surface area contributed by atoms with E-state index in [4.69, 9.17) is 5.73 Å². The van der Waals surface area contributed by atoms with E-state index in [2.05, 4.69) is 15.9 Å². The van der Waals surface area contributed by atoms with Gasteiger partial charge in [0.2, 0.25) is 5.82 Å². The van der Waals surface area contributed by atoms with E-state index in [9.17, 15) is 19.3 Å². The average Bonchev–Trinajstić information content (AvgIpc) is 2.19. The van der Waals surface area contributed by atoms with Crippen molar-refractivity contribution in [2.45, 2.75) is 0 Å². The van der Waals surface area contributed by atoms with Crippen LogP contribution < -0.4 is 5.73 Å². The zero-order valence-corrected chi connectivity index (χ0v) is 8.95. The van der Waals surface area contributed by atoms with Gasteiger partial charge in [0, 0.05) is 17.3 Å². The molecule has 0 aromatic heterocycles. The summed E-state index contributed by atoms with van der Waals surface area (Å²) in [6.07, 6.45) is 0. The number of hydrogen-bond acceptors (Lipinski definition) is 4. The second kappa shape index (κ2) is 4.35. The lowest BCUT2D eigenvalue weighted by Gasteiger charge is -2.03. The first-order valence-electron chi connectivity index (χ1n) is 3.80. The molecule has 15 heavy (non-hydrogen) atoms. The highest BCUT2D eigenvalue weighted by atomic mass is 79.9. The Morgan fingerprint density at radius 1 is 1.60 bits per heavy atom. The second-order valence-electron chi connectivity index (χ2n) is 2.70. The quantitative estimate of drug-likeness (QED) is 0.300. The number of nitrogen functional groups attached to an aromatic ring is 1. The number of benzene rings is 1. The van der Waals surface area contributed by atoms with Crippen LogP contribution in [0, 0.1) is 15.9 Å². The fourth-order valence-electron chi connectivity index (χ4n) is 1.03. The molecule has 0 aliphatic carbocycles. The van der Waals surface area contributed by atoms with Crippen LogP contribution in [0.25, 0.3) is 0 Å². The van der Waals surface area contributed by atoms with E-state index in [-0.39, 0.29) is 16.6 Å². The number of carbonyl (C=O) groups is 1. The summed E-state index contributed by atoms with van der Waals surface area (Å²) in [4.78, 5) is 20.6. The van der Waals surface area contributed by atoms with E-state index in [0.717, 1.165) is 12.1 Å². The van der Waals surface area contributed by atoms with Crippen LogP contribution in [0.1, 0.15) is 10.4 Å². The van der Waals surface area contributed by atoms with Gasteiger partial charge in [-0.2, -0.15) is 4.39 Å². The van der Waals surface area contributed by atoms with E-state index in [0.29, 0.717) is 0 Å². The monoisotopic (exact) mass is 276 g/mol. The van der Waals surface area contributed by atoms with Crippen LogP contribution in [0.5, 0.6) is 0 Å². The summed E-state index contributed by atoms with van der Waals surface area (Å²) in [6.45, 7) is 0. The summed E-state index contributed by atoms with van der Waals surface area (Å²) in [5, 5.41) is 10.3. The van der Waals surface area contributed by atoms with Crippen molar-refractivity contribution in [3.05, 3.63) is 33.6 Å². The largest absolute Gasteiger partial charge is 0.398 e. The van der Waals surface area contributed by atoms with Crippen molar-refractivity contribution in [2.24, 2.45) is 0 Å². The summed E-state index contributed by atoms with van der Waals surface area (Å²) in [5.41, 5.74) is 4.49. The van der Waals surface area contributed by atoms with Gasteiger partial charge < -0.3 is 5.73 Å². The summed E-state index contributed by atoms with van der Waals surface area (Å²) < 4.78 is 13.1. The summed E-state index contributed by atoms with van der Waals surface area (Å²) in [6, 6.07) is 1.61. The van der Waals surface area contributed by atoms with E-state index < -0.39 is 22.2 Å². The fourth-order valence-corrected chi connectivity index (χ4v) is 1.33. The van der Waals surface area contributed by atoms with Crippen molar-refractivity contribution in [2.75, 3.05) is 11.1 Å². The molecule has 0 spiro atoms. The molecule has 2 N–H and O–H groups in total. The van der Waals surface area contributed by atoms with Crippen molar-refractivity contribution >= 4 is 33.1 Å². The Labute approximate surface area is 92.3 Å². The van der Waals surface area contributed by atoms with Crippen LogP contribution >= 0.6 is 15.9 Å². The van der Waals surface area contributed by atoms with Crippen LogP contribution in [-0.4, -0.2) is 16.0 Å². The molecule has 1 aromatic rings. The minimum absolute atomic E-state index is 0.0194. The van der Waals surface area contributed by atoms with Gasteiger partial charge >= 0.3 is 5.69 Å². The first-order valence-corrected chi connectivity index (χ1v) is 4.92. The number of ketones is 1. The molecule has 0 saturated carbocycles. The Hall–Kier alpha value is -1.50. The number of nitrogens with zero attached hydrogens (tertiary/aromatic N) is 1. The standard InChI is InChI=1S/C8H6BrFN2O3/c9-3-8(13)4-1-5(10)7(12(14)15)2-6(4)11/h1-2H,3,11H2. The molecule has 0 saturated heterocycles. The summed E-state index contributed by atoms with van der Waals surface area (Å²) in [5.74, 6) is -1.50. The van der Waals surface area contributed by atoms with Gasteiger partial charge in [0.15, 0.2) is 5.78 Å². The molecule has 0 heterocycles. The minimum atomic E-state index is -1.07. The maximum absolute atomic E-state index is 13.1. The molecule has 5 nitrogen and oxygen atoms in total. The SMILES string of the molecule is Nc1cc([N+](=O)[O-])c(F)cc1C(=O)CBr. The second-order valence-corrected chi connectivity index (χ2v) is 3.27. The van der Waals surface area contributed by atoms with Crippen molar-refractivity contribution < 1.29 is 14.1 Å². The number of carbonyl (C=O) groups excluding carboxylic acids is 1. The number of nitro groups is 1. The van der Waals surface area contributed by atoms with Crippen LogP contribution in [0.2, 0.25) is 0 Å². The first kappa shape index (κ1) is 11.6. The molecule has 1 rings (SSSR count). The number of rotatable bonds is 3. The molecule has 0 fully saturated rings. The van der Waals surface area contributed by atoms with E-state index in [1.165, 1.54) is 0 Å². The molecule has 0 radical (unpaired) electrons. The number of alkyl halides is 1. The molecule has 0 unspecified atom stereocenters. The molecular weight excluding hydrogens is 271 g/mol. The fraction of sp³-hybridized carbons (Fsp3) is 0.125. The lowest BCUT2D eigenvalue weighted by atomic mass is 10.1. The number of nitro benzene ring substituents is 1. The zero-order chi connectivity index (χ0) is 11.6. The maximum Gasteiger partial charge on any atom is 0.306 e. The van der Waals surface area contributed by atoms with Gasteiger partial charge in [-0.1, -0.05) is 15.9 Å². The summed E-state index contributed by atoms with van der Waals surface area (Å²) in [7, 11) is 0. The first-order chi connectivity index (χ1) is 6.97. The smallest absolute Gasteiger partial charge is 0.306 e. The van der Waals surface area contributed by atoms with Gasteiger partial charge in [0.05, 0.1) is 10.3 Å². The topological polar surface area (TPSA) is 86.2 Å². The Bertz CT molecular complexity index is 436. The van der Waals surface area contributed by atoms with E-state index in [1.807, 2.05) is 0 Å². The molecule has 0 bridgehead atoms. The Kier molecular flexibility index (Phi) is 3.35. The third-order valence-corrected chi connectivity index (χ3v) is 2.25. The molecule has 1 aromatic carbocycles. The third-order valence-electron chi connectivity index (χ3n) is 1.74. The molecule has 0 aliphatic rings. The van der Waals surface area contributed by atoms with Gasteiger partial charge in [0.25, 0.3) is 0 Å². The number of anilines is 1. The van der Waals surface area contributed by atoms with Gasteiger partial charge in [0.1, 0.15) is 0 Å². The summed E-state index contributed by atoms with van der Waals surface area (Å²) >= 11 is 2.90. The average molecular weight is 277 g/mol. The molecule has 7 heteroatoms. The van der Waals surface area contributed by atoms with E-state index >= 15 is 0 Å². The predicted octanol–water partition coefficient (Wildman–Crippen LogP) is 1.89. The molecular formula is C8H6BrFN2O3. The van der Waals surface area contributed by atoms with Gasteiger partial charge in [-0.05, 0) is 6.07 Å².